The largest absolute Gasteiger partial charge is 0.476 e. The van der Waals surface area contributed by atoms with E-state index in [1.54, 1.807) is 16.8 Å². The van der Waals surface area contributed by atoms with Crippen molar-refractivity contribution < 1.29 is 14.6 Å². The molecule has 0 atom stereocenters. The van der Waals surface area contributed by atoms with Crippen LogP contribution in [0.4, 0.5) is 0 Å². The first-order chi connectivity index (χ1) is 13.4. The molecule has 1 N–H and O–H groups in total. The topological polar surface area (TPSA) is 64.3 Å². The second-order valence-corrected chi connectivity index (χ2v) is 7.21. The molecule has 1 aromatic heterocycles. The van der Waals surface area contributed by atoms with Gasteiger partial charge in [0.25, 0.3) is 0 Å². The smallest absolute Gasteiger partial charge is 0.356 e. The third-order valence-corrected chi connectivity index (χ3v) is 5.05. The molecule has 1 heterocycles. The number of hydrogen-bond acceptors (Lipinski definition) is 3. The first kappa shape index (κ1) is 20.4. The molecule has 0 amide bonds. The first-order valence-electron chi connectivity index (χ1n) is 8.82. The van der Waals surface area contributed by atoms with Crippen LogP contribution in [-0.2, 0) is 17.9 Å². The van der Waals surface area contributed by atoms with Gasteiger partial charge >= 0.3 is 5.97 Å². The lowest BCUT2D eigenvalue weighted by atomic mass is 10.1. The number of aromatic nitrogens is 2. The van der Waals surface area contributed by atoms with Gasteiger partial charge in [0.15, 0.2) is 5.69 Å². The summed E-state index contributed by atoms with van der Waals surface area (Å²) in [6, 6.07) is 13.0. The minimum atomic E-state index is -1.09. The van der Waals surface area contributed by atoms with Crippen molar-refractivity contribution in [2.45, 2.75) is 27.0 Å². The summed E-state index contributed by atoms with van der Waals surface area (Å²) >= 11 is 12.3. The monoisotopic (exact) mass is 418 g/mol. The number of halogens is 2. The summed E-state index contributed by atoms with van der Waals surface area (Å²) in [5.74, 6) is -1.09. The highest BCUT2D eigenvalue weighted by molar-refractivity contribution is 6.31. The highest BCUT2D eigenvalue weighted by atomic mass is 35.5. The molecular weight excluding hydrogens is 399 g/mol. The van der Waals surface area contributed by atoms with Crippen LogP contribution in [-0.4, -0.2) is 27.5 Å². The van der Waals surface area contributed by atoms with E-state index in [9.17, 15) is 9.90 Å². The molecule has 3 aromatic rings. The number of carboxylic acid groups (broad SMARTS) is 1. The van der Waals surface area contributed by atoms with E-state index >= 15 is 0 Å². The average molecular weight is 419 g/mol. The summed E-state index contributed by atoms with van der Waals surface area (Å²) in [6.45, 7) is 4.80. The SMILES string of the molecule is CCOCc1c(C(=O)O)nn(Cc2ccc(C)c(Cl)c2)c1-c1ccc(Cl)cc1. The van der Waals surface area contributed by atoms with Gasteiger partial charge < -0.3 is 9.84 Å². The Morgan fingerprint density at radius 1 is 1.18 bits per heavy atom. The highest BCUT2D eigenvalue weighted by Crippen LogP contribution is 2.30. The fraction of sp³-hybridized carbons (Fsp3) is 0.238. The molecule has 0 unspecified atom stereocenters. The van der Waals surface area contributed by atoms with Crippen molar-refractivity contribution in [2.24, 2.45) is 0 Å². The average Bonchev–Trinajstić information content (AvgIpc) is 3.02. The maximum absolute atomic E-state index is 11.8. The van der Waals surface area contributed by atoms with E-state index < -0.39 is 5.97 Å². The Labute approximate surface area is 173 Å². The zero-order valence-corrected chi connectivity index (χ0v) is 17.1. The summed E-state index contributed by atoms with van der Waals surface area (Å²) in [5, 5.41) is 15.3. The van der Waals surface area contributed by atoms with Crippen molar-refractivity contribution >= 4 is 29.2 Å². The summed E-state index contributed by atoms with van der Waals surface area (Å²) in [7, 11) is 0. The highest BCUT2D eigenvalue weighted by Gasteiger charge is 2.24. The molecule has 0 spiro atoms. The molecule has 3 rings (SSSR count). The van der Waals surface area contributed by atoms with Gasteiger partial charge in [0.1, 0.15) is 0 Å². The number of hydrogen-bond donors (Lipinski definition) is 1. The third-order valence-electron chi connectivity index (χ3n) is 4.39. The molecule has 0 aliphatic heterocycles. The molecule has 7 heteroatoms. The Morgan fingerprint density at radius 2 is 1.89 bits per heavy atom. The number of aromatic carboxylic acids is 1. The Balaban J connectivity index is 2.14. The number of benzene rings is 2. The van der Waals surface area contributed by atoms with Crippen LogP contribution >= 0.6 is 23.2 Å². The van der Waals surface area contributed by atoms with E-state index in [1.165, 1.54) is 0 Å². The van der Waals surface area contributed by atoms with Gasteiger partial charge in [-0.15, -0.1) is 0 Å². The molecule has 28 heavy (non-hydrogen) atoms. The number of ether oxygens (including phenoxy) is 1. The van der Waals surface area contributed by atoms with Gasteiger partial charge in [0.2, 0.25) is 0 Å². The maximum atomic E-state index is 11.8. The van der Waals surface area contributed by atoms with Crippen molar-refractivity contribution in [3.8, 4) is 11.3 Å². The number of carbonyl (C=O) groups is 1. The van der Waals surface area contributed by atoms with E-state index in [-0.39, 0.29) is 12.3 Å². The van der Waals surface area contributed by atoms with Crippen LogP contribution < -0.4 is 0 Å². The minimum absolute atomic E-state index is 0.0170. The first-order valence-corrected chi connectivity index (χ1v) is 9.58. The molecule has 146 valence electrons. The summed E-state index contributed by atoms with van der Waals surface area (Å²) in [4.78, 5) is 11.8. The number of carboxylic acids is 1. The normalized spacial score (nSPS) is 11.0. The van der Waals surface area contributed by atoms with Gasteiger partial charge in [-0.05, 0) is 43.2 Å². The van der Waals surface area contributed by atoms with Gasteiger partial charge in [-0.2, -0.15) is 5.10 Å². The van der Waals surface area contributed by atoms with E-state index in [4.69, 9.17) is 27.9 Å². The van der Waals surface area contributed by atoms with Crippen LogP contribution in [0.5, 0.6) is 0 Å². The molecule has 0 aliphatic rings. The van der Waals surface area contributed by atoms with E-state index in [2.05, 4.69) is 5.10 Å². The predicted molar refractivity (Wildman–Crippen MR) is 110 cm³/mol. The van der Waals surface area contributed by atoms with Gasteiger partial charge in [-0.3, -0.25) is 4.68 Å². The Morgan fingerprint density at radius 3 is 2.50 bits per heavy atom. The van der Waals surface area contributed by atoms with Crippen molar-refractivity contribution in [1.82, 2.24) is 9.78 Å². The third kappa shape index (κ3) is 4.38. The number of nitrogens with zero attached hydrogens (tertiary/aromatic N) is 2. The van der Waals surface area contributed by atoms with Crippen LogP contribution in [0.3, 0.4) is 0 Å². The van der Waals surface area contributed by atoms with Crippen molar-refractivity contribution in [2.75, 3.05) is 6.61 Å². The second kappa shape index (κ2) is 8.78. The summed E-state index contributed by atoms with van der Waals surface area (Å²) in [6.07, 6.45) is 0. The van der Waals surface area contributed by atoms with Crippen LogP contribution in [0.1, 0.15) is 34.1 Å². The van der Waals surface area contributed by atoms with Crippen LogP contribution in [0.25, 0.3) is 11.3 Å². The predicted octanol–water partition coefficient (Wildman–Crippen LogP) is 5.45. The van der Waals surface area contributed by atoms with Crippen molar-refractivity contribution in [3.63, 3.8) is 0 Å². The van der Waals surface area contributed by atoms with Crippen LogP contribution in [0.2, 0.25) is 10.0 Å². The molecule has 0 fully saturated rings. The van der Waals surface area contributed by atoms with E-state index in [1.807, 2.05) is 44.2 Å². The van der Waals surface area contributed by atoms with E-state index in [0.29, 0.717) is 34.5 Å². The molecule has 2 aromatic carbocycles. The fourth-order valence-corrected chi connectivity index (χ4v) is 3.29. The van der Waals surface area contributed by atoms with Gasteiger partial charge in [0.05, 0.1) is 18.8 Å². The minimum Gasteiger partial charge on any atom is -0.476 e. The standard InChI is InChI=1S/C21H20Cl2N2O3/c1-3-28-12-17-19(21(26)27)24-25(11-14-5-4-13(2)18(23)10-14)20(17)15-6-8-16(22)9-7-15/h4-10H,3,11-12H2,1-2H3,(H,26,27). The Bertz CT molecular complexity index is 998. The number of rotatable bonds is 7. The van der Waals surface area contributed by atoms with Gasteiger partial charge in [0, 0.05) is 27.8 Å². The second-order valence-electron chi connectivity index (χ2n) is 6.37. The Hall–Kier alpha value is -2.34. The van der Waals surface area contributed by atoms with E-state index in [0.717, 1.165) is 16.7 Å². The molecule has 5 nitrogen and oxygen atoms in total. The zero-order chi connectivity index (χ0) is 20.3. The molecule has 0 radical (unpaired) electrons. The Kier molecular flexibility index (Phi) is 6.39. The molecule has 0 aliphatic carbocycles. The summed E-state index contributed by atoms with van der Waals surface area (Å²) < 4.78 is 7.21. The summed E-state index contributed by atoms with van der Waals surface area (Å²) in [5.41, 5.74) is 3.93. The van der Waals surface area contributed by atoms with Crippen LogP contribution in [0, 0.1) is 6.92 Å². The molecule has 0 saturated heterocycles. The van der Waals surface area contributed by atoms with Gasteiger partial charge in [-0.1, -0.05) is 47.5 Å². The maximum Gasteiger partial charge on any atom is 0.356 e. The number of aryl methyl sites for hydroxylation is 1. The molecule has 0 bridgehead atoms. The van der Waals surface area contributed by atoms with Crippen molar-refractivity contribution in [3.05, 3.63) is 74.9 Å². The quantitative estimate of drug-likeness (QED) is 0.553. The van der Waals surface area contributed by atoms with Crippen LogP contribution in [0.15, 0.2) is 42.5 Å². The van der Waals surface area contributed by atoms with Crippen molar-refractivity contribution in [1.29, 1.82) is 0 Å². The fourth-order valence-electron chi connectivity index (χ4n) is 2.96. The lowest BCUT2D eigenvalue weighted by Crippen LogP contribution is -2.06. The molecular formula is C21H20Cl2N2O3. The lowest BCUT2D eigenvalue weighted by molar-refractivity contribution is 0.0681. The zero-order valence-electron chi connectivity index (χ0n) is 15.6. The molecule has 0 saturated carbocycles. The van der Waals surface area contributed by atoms with Gasteiger partial charge in [-0.25, -0.2) is 4.79 Å². The lowest BCUT2D eigenvalue weighted by Gasteiger charge is -2.11.